The van der Waals surface area contributed by atoms with Crippen LogP contribution in [0.1, 0.15) is 28.5 Å². The van der Waals surface area contributed by atoms with Crippen LogP contribution in [0.15, 0.2) is 0 Å². The van der Waals surface area contributed by atoms with Crippen molar-refractivity contribution in [2.24, 2.45) is 0 Å². The average molecular weight is 156 g/mol. The minimum absolute atomic E-state index is 0. The average Bonchev–Trinajstić information content (AvgIpc) is 1.94. The molecule has 0 aromatic heterocycles. The van der Waals surface area contributed by atoms with Gasteiger partial charge in [0, 0.05) is 6.42 Å². The molecule has 0 aromatic rings. The van der Waals surface area contributed by atoms with Crippen molar-refractivity contribution in [2.45, 2.75) is 25.7 Å². The van der Waals surface area contributed by atoms with E-state index in [0.29, 0.717) is 13.0 Å². The van der Waals surface area contributed by atoms with Crippen LogP contribution in [0.2, 0.25) is 0 Å². The minimum atomic E-state index is -0.0255. The first-order chi connectivity index (χ1) is 3.89. The molecule has 0 N–H and O–H groups in total. The minimum Gasteiger partial charge on any atom is -1.00 e. The Kier molecular flexibility index (Phi) is 5.96. The SMILES string of the molecule is O=C1CCCCCO1.[Ca+2].[H-].[H-]. The van der Waals surface area contributed by atoms with Gasteiger partial charge < -0.3 is 7.59 Å². The van der Waals surface area contributed by atoms with Gasteiger partial charge in [-0.3, -0.25) is 4.79 Å². The fourth-order valence-corrected chi connectivity index (χ4v) is 0.806. The molecule has 0 bridgehead atoms. The third kappa shape index (κ3) is 4.18. The number of cyclic esters (lactones) is 1. The largest absolute Gasteiger partial charge is 2.00 e. The molecule has 0 atom stereocenters. The Balaban J connectivity index is -0.000000213. The first-order valence-corrected chi connectivity index (χ1v) is 3.05. The van der Waals surface area contributed by atoms with E-state index in [1.54, 1.807) is 0 Å². The van der Waals surface area contributed by atoms with Crippen LogP contribution in [0.4, 0.5) is 0 Å². The number of esters is 1. The summed E-state index contributed by atoms with van der Waals surface area (Å²) in [7, 11) is 0. The third-order valence-electron chi connectivity index (χ3n) is 1.29. The summed E-state index contributed by atoms with van der Waals surface area (Å²) in [4.78, 5) is 10.5. The van der Waals surface area contributed by atoms with Crippen molar-refractivity contribution in [1.29, 1.82) is 0 Å². The number of rotatable bonds is 0. The molecule has 9 heavy (non-hydrogen) atoms. The van der Waals surface area contributed by atoms with Crippen molar-refractivity contribution in [2.75, 3.05) is 6.61 Å². The van der Waals surface area contributed by atoms with Crippen molar-refractivity contribution < 1.29 is 12.4 Å². The van der Waals surface area contributed by atoms with Gasteiger partial charge in [0.2, 0.25) is 0 Å². The first-order valence-electron chi connectivity index (χ1n) is 3.05. The summed E-state index contributed by atoms with van der Waals surface area (Å²) >= 11 is 0. The van der Waals surface area contributed by atoms with E-state index in [0.717, 1.165) is 19.3 Å². The predicted octanol–water partition coefficient (Wildman–Crippen LogP) is 0.948. The molecular formula is C6H12CaO2. The van der Waals surface area contributed by atoms with Gasteiger partial charge in [0.25, 0.3) is 0 Å². The zero-order chi connectivity index (χ0) is 5.82. The molecule has 1 aliphatic rings. The topological polar surface area (TPSA) is 26.3 Å². The van der Waals surface area contributed by atoms with Gasteiger partial charge in [0.05, 0.1) is 6.61 Å². The molecule has 1 aliphatic heterocycles. The standard InChI is InChI=1S/C6H10O2.Ca.2H/c7-6-4-2-1-3-5-8-6;;;/h1-5H2;;;/q;+2;2*-1. The van der Waals surface area contributed by atoms with Crippen molar-refractivity contribution in [3.63, 3.8) is 0 Å². The van der Waals surface area contributed by atoms with E-state index in [1.165, 1.54) is 0 Å². The molecule has 1 saturated heterocycles. The van der Waals surface area contributed by atoms with Crippen LogP contribution < -0.4 is 0 Å². The third-order valence-corrected chi connectivity index (χ3v) is 1.29. The van der Waals surface area contributed by atoms with Gasteiger partial charge in [-0.1, -0.05) is 0 Å². The quantitative estimate of drug-likeness (QED) is 0.385. The molecule has 0 amide bonds. The molecule has 2 nitrogen and oxygen atoms in total. The van der Waals surface area contributed by atoms with E-state index >= 15 is 0 Å². The Morgan fingerprint density at radius 2 is 2.11 bits per heavy atom. The summed E-state index contributed by atoms with van der Waals surface area (Å²) in [6.45, 7) is 0.638. The van der Waals surface area contributed by atoms with E-state index in [-0.39, 0.29) is 46.6 Å². The first kappa shape index (κ1) is 9.73. The molecule has 50 valence electrons. The van der Waals surface area contributed by atoms with E-state index in [4.69, 9.17) is 4.74 Å². The molecular weight excluding hydrogens is 144 g/mol. The molecule has 1 rings (SSSR count). The van der Waals surface area contributed by atoms with Crippen LogP contribution in [-0.4, -0.2) is 50.3 Å². The van der Waals surface area contributed by atoms with Crippen molar-refractivity contribution in [1.82, 2.24) is 0 Å². The van der Waals surface area contributed by atoms with Gasteiger partial charge in [-0.25, -0.2) is 0 Å². The predicted molar refractivity (Wildman–Crippen MR) is 37.4 cm³/mol. The molecule has 0 saturated carbocycles. The number of carbonyl (C=O) groups excluding carboxylic acids is 1. The molecule has 1 fully saturated rings. The number of hydrogen-bond donors (Lipinski definition) is 0. The van der Waals surface area contributed by atoms with Crippen LogP contribution in [-0.2, 0) is 9.53 Å². The van der Waals surface area contributed by atoms with Crippen LogP contribution in [0.5, 0.6) is 0 Å². The second kappa shape index (κ2) is 5.51. The Bertz CT molecular complexity index is 90.6. The van der Waals surface area contributed by atoms with Gasteiger partial charge in [-0.15, -0.1) is 0 Å². The van der Waals surface area contributed by atoms with Crippen LogP contribution in [0.3, 0.4) is 0 Å². The van der Waals surface area contributed by atoms with E-state index in [9.17, 15) is 4.79 Å². The van der Waals surface area contributed by atoms with Gasteiger partial charge in [-0.2, -0.15) is 0 Å². The summed E-state index contributed by atoms with van der Waals surface area (Å²) in [6, 6.07) is 0. The summed E-state index contributed by atoms with van der Waals surface area (Å²) in [5, 5.41) is 0. The fraction of sp³-hybridized carbons (Fsp3) is 0.833. The summed E-state index contributed by atoms with van der Waals surface area (Å²) in [5.74, 6) is -0.0255. The molecule has 0 aromatic carbocycles. The maximum atomic E-state index is 10.5. The zero-order valence-corrected chi connectivity index (χ0v) is 7.77. The summed E-state index contributed by atoms with van der Waals surface area (Å²) in [6.07, 6.45) is 3.83. The monoisotopic (exact) mass is 156 g/mol. The van der Waals surface area contributed by atoms with Crippen LogP contribution >= 0.6 is 0 Å². The Morgan fingerprint density at radius 3 is 2.89 bits per heavy atom. The number of carbonyl (C=O) groups is 1. The fourth-order valence-electron chi connectivity index (χ4n) is 0.806. The molecule has 3 heteroatoms. The maximum Gasteiger partial charge on any atom is 2.00 e. The van der Waals surface area contributed by atoms with E-state index < -0.39 is 0 Å². The van der Waals surface area contributed by atoms with Crippen molar-refractivity contribution in [3.8, 4) is 0 Å². The molecule has 0 radical (unpaired) electrons. The summed E-state index contributed by atoms with van der Waals surface area (Å²) in [5.41, 5.74) is 0. The van der Waals surface area contributed by atoms with Crippen LogP contribution in [0, 0.1) is 0 Å². The van der Waals surface area contributed by atoms with Gasteiger partial charge in [0.15, 0.2) is 0 Å². The molecule has 0 spiro atoms. The van der Waals surface area contributed by atoms with Gasteiger partial charge in [0.1, 0.15) is 0 Å². The Hall–Kier alpha value is 0.730. The zero-order valence-electron chi connectivity index (χ0n) is 7.56. The van der Waals surface area contributed by atoms with E-state index in [2.05, 4.69) is 0 Å². The molecule has 0 aliphatic carbocycles. The van der Waals surface area contributed by atoms with Crippen LogP contribution in [0.25, 0.3) is 0 Å². The second-order valence-electron chi connectivity index (χ2n) is 2.03. The Morgan fingerprint density at radius 1 is 1.33 bits per heavy atom. The van der Waals surface area contributed by atoms with Crippen molar-refractivity contribution >= 4 is 43.7 Å². The van der Waals surface area contributed by atoms with Crippen molar-refractivity contribution in [3.05, 3.63) is 0 Å². The summed E-state index contributed by atoms with van der Waals surface area (Å²) < 4.78 is 4.76. The normalized spacial score (nSPS) is 19.3. The second-order valence-corrected chi connectivity index (χ2v) is 2.03. The van der Waals surface area contributed by atoms with Gasteiger partial charge in [-0.05, 0) is 19.3 Å². The molecule has 0 unspecified atom stereocenters. The van der Waals surface area contributed by atoms with E-state index in [1.807, 2.05) is 0 Å². The molecule has 1 heterocycles. The Labute approximate surface area is 87.9 Å². The number of hydrogen-bond acceptors (Lipinski definition) is 2. The smallest absolute Gasteiger partial charge is 1.00 e. The number of ether oxygens (including phenoxy) is 1. The van der Waals surface area contributed by atoms with Gasteiger partial charge >= 0.3 is 43.7 Å². The maximum absolute atomic E-state index is 10.5.